The van der Waals surface area contributed by atoms with E-state index in [2.05, 4.69) is 0 Å². The molecule has 2 nitrogen and oxygen atoms in total. The molecule has 1 aromatic carbocycles. The summed E-state index contributed by atoms with van der Waals surface area (Å²) in [6.07, 6.45) is -8.68. The van der Waals surface area contributed by atoms with Crippen molar-refractivity contribution in [3.8, 4) is 0 Å². The zero-order valence-corrected chi connectivity index (χ0v) is 11.4. The Morgan fingerprint density at radius 3 is 1.91 bits per heavy atom. The average Bonchev–Trinajstić information content (AvgIpc) is 2.35. The first-order chi connectivity index (χ1) is 10.2. The van der Waals surface area contributed by atoms with Gasteiger partial charge in [0.05, 0.1) is 6.42 Å². The molecule has 128 valence electrons. The van der Waals surface area contributed by atoms with Gasteiger partial charge in [-0.1, -0.05) is 11.6 Å². The lowest BCUT2D eigenvalue weighted by molar-refractivity contribution is -0.343. The van der Waals surface area contributed by atoms with Crippen LogP contribution in [0.5, 0.6) is 0 Å². The van der Waals surface area contributed by atoms with Crippen LogP contribution in [-0.4, -0.2) is 29.6 Å². The van der Waals surface area contributed by atoms with E-state index in [-0.39, 0.29) is 5.02 Å². The fourth-order valence-corrected chi connectivity index (χ4v) is 1.65. The SMILES string of the molecule is O=C(CC(=O)C(F)(F)C(F)(F)C(F)(F)F)c1cc(F)cc(Cl)c1. The maximum Gasteiger partial charge on any atom is 0.460 e. The summed E-state index contributed by atoms with van der Waals surface area (Å²) in [6, 6.07) is 1.91. The summed E-state index contributed by atoms with van der Waals surface area (Å²) in [5.41, 5.74) is -0.727. The Labute approximate surface area is 128 Å². The fourth-order valence-electron chi connectivity index (χ4n) is 1.43. The standard InChI is InChI=1S/C12H5ClF8O2/c13-6-1-5(2-7(14)3-6)8(22)4-9(23)10(15,16)11(17,18)12(19,20)21/h1-3H,4H2. The monoisotopic (exact) mass is 368 g/mol. The quantitative estimate of drug-likeness (QED) is 0.437. The molecule has 0 atom stereocenters. The number of rotatable bonds is 5. The van der Waals surface area contributed by atoms with E-state index in [1.54, 1.807) is 0 Å². The molecular weight excluding hydrogens is 364 g/mol. The molecule has 0 amide bonds. The Kier molecular flexibility index (Phi) is 5.10. The predicted octanol–water partition coefficient (Wildman–Crippen LogP) is 4.45. The molecule has 0 bridgehead atoms. The van der Waals surface area contributed by atoms with Gasteiger partial charge < -0.3 is 0 Å². The molecule has 0 saturated heterocycles. The third kappa shape index (κ3) is 3.80. The van der Waals surface area contributed by atoms with Crippen LogP contribution in [0.2, 0.25) is 5.02 Å². The van der Waals surface area contributed by atoms with Crippen molar-refractivity contribution >= 4 is 23.2 Å². The van der Waals surface area contributed by atoms with Gasteiger partial charge >= 0.3 is 18.0 Å². The van der Waals surface area contributed by atoms with Gasteiger partial charge in [-0.15, -0.1) is 0 Å². The Balaban J connectivity index is 3.04. The largest absolute Gasteiger partial charge is 0.460 e. The van der Waals surface area contributed by atoms with Crippen LogP contribution in [0.4, 0.5) is 35.1 Å². The number of hydrogen-bond acceptors (Lipinski definition) is 2. The molecule has 0 N–H and O–H groups in total. The molecule has 1 aromatic rings. The molecule has 0 fully saturated rings. The van der Waals surface area contributed by atoms with Crippen LogP contribution in [0.15, 0.2) is 18.2 Å². The summed E-state index contributed by atoms with van der Waals surface area (Å²) in [4.78, 5) is 22.5. The van der Waals surface area contributed by atoms with Crippen molar-refractivity contribution in [2.24, 2.45) is 0 Å². The second-order valence-electron chi connectivity index (χ2n) is 4.33. The van der Waals surface area contributed by atoms with Crippen LogP contribution in [0.3, 0.4) is 0 Å². The van der Waals surface area contributed by atoms with Gasteiger partial charge in [-0.25, -0.2) is 4.39 Å². The van der Waals surface area contributed by atoms with Crippen LogP contribution >= 0.6 is 11.6 Å². The highest BCUT2D eigenvalue weighted by atomic mass is 35.5. The van der Waals surface area contributed by atoms with Gasteiger partial charge in [-0.2, -0.15) is 30.7 Å². The maximum absolute atomic E-state index is 13.1. The molecule has 0 heterocycles. The van der Waals surface area contributed by atoms with Gasteiger partial charge in [0, 0.05) is 10.6 Å². The number of Topliss-reactive ketones (excluding diaryl/α,β-unsaturated/α-hetero) is 2. The van der Waals surface area contributed by atoms with Crippen LogP contribution < -0.4 is 0 Å². The van der Waals surface area contributed by atoms with E-state index in [0.717, 1.165) is 6.07 Å². The number of carbonyl (C=O) groups is 2. The lowest BCUT2D eigenvalue weighted by atomic mass is 9.99. The van der Waals surface area contributed by atoms with Gasteiger partial charge in [0.25, 0.3) is 0 Å². The Morgan fingerprint density at radius 1 is 0.957 bits per heavy atom. The molecule has 0 saturated carbocycles. The average molecular weight is 369 g/mol. The Bertz CT molecular complexity index is 618. The normalized spacial score (nSPS) is 13.1. The van der Waals surface area contributed by atoms with E-state index in [9.17, 15) is 44.7 Å². The third-order valence-corrected chi connectivity index (χ3v) is 2.82. The predicted molar refractivity (Wildman–Crippen MR) is 61.3 cm³/mol. The molecule has 0 aliphatic rings. The maximum atomic E-state index is 13.1. The van der Waals surface area contributed by atoms with Crippen molar-refractivity contribution in [2.45, 2.75) is 24.4 Å². The summed E-state index contributed by atoms with van der Waals surface area (Å²) < 4.78 is 100. The molecule has 0 unspecified atom stereocenters. The van der Waals surface area contributed by atoms with Crippen molar-refractivity contribution in [3.63, 3.8) is 0 Å². The Morgan fingerprint density at radius 2 is 1.48 bits per heavy atom. The summed E-state index contributed by atoms with van der Waals surface area (Å²) in [5, 5.41) is -0.367. The van der Waals surface area contributed by atoms with Gasteiger partial charge in [0.15, 0.2) is 5.78 Å². The second kappa shape index (κ2) is 6.06. The minimum absolute atomic E-state index is 0.367. The van der Waals surface area contributed by atoms with E-state index in [4.69, 9.17) is 11.6 Å². The fraction of sp³-hybridized carbons (Fsp3) is 0.333. The first-order valence-corrected chi connectivity index (χ1v) is 5.93. The zero-order valence-electron chi connectivity index (χ0n) is 10.7. The molecule has 0 aromatic heterocycles. The molecular formula is C12H5ClF8O2. The molecule has 0 radical (unpaired) electrons. The highest BCUT2D eigenvalue weighted by Crippen LogP contribution is 2.47. The number of carbonyl (C=O) groups excluding carboxylic acids is 2. The van der Waals surface area contributed by atoms with Crippen LogP contribution in [0.25, 0.3) is 0 Å². The lowest BCUT2D eigenvalue weighted by Crippen LogP contribution is -2.56. The molecule has 1 rings (SSSR count). The summed E-state index contributed by atoms with van der Waals surface area (Å²) >= 11 is 5.36. The first-order valence-electron chi connectivity index (χ1n) is 5.55. The van der Waals surface area contributed by atoms with Crippen molar-refractivity contribution in [1.82, 2.24) is 0 Å². The lowest BCUT2D eigenvalue weighted by Gasteiger charge is -2.26. The van der Waals surface area contributed by atoms with E-state index < -0.39 is 47.4 Å². The Hall–Kier alpha value is -1.71. The van der Waals surface area contributed by atoms with E-state index >= 15 is 0 Å². The van der Waals surface area contributed by atoms with Gasteiger partial charge in [0.1, 0.15) is 5.82 Å². The van der Waals surface area contributed by atoms with Crippen molar-refractivity contribution in [2.75, 3.05) is 0 Å². The minimum atomic E-state index is -6.70. The molecule has 23 heavy (non-hydrogen) atoms. The van der Waals surface area contributed by atoms with Gasteiger partial charge in [-0.3, -0.25) is 9.59 Å². The summed E-state index contributed by atoms with van der Waals surface area (Å²) in [5.74, 6) is -18.4. The van der Waals surface area contributed by atoms with Crippen LogP contribution in [0, 0.1) is 5.82 Å². The van der Waals surface area contributed by atoms with Crippen molar-refractivity contribution in [1.29, 1.82) is 0 Å². The topological polar surface area (TPSA) is 34.1 Å². The van der Waals surface area contributed by atoms with Crippen molar-refractivity contribution < 1.29 is 44.7 Å². The summed E-state index contributed by atoms with van der Waals surface area (Å²) in [7, 11) is 0. The first kappa shape index (κ1) is 19.3. The molecule has 0 spiro atoms. The second-order valence-corrected chi connectivity index (χ2v) is 4.76. The smallest absolute Gasteiger partial charge is 0.294 e. The highest BCUT2D eigenvalue weighted by molar-refractivity contribution is 6.31. The van der Waals surface area contributed by atoms with Crippen LogP contribution in [-0.2, 0) is 4.79 Å². The molecule has 0 aliphatic carbocycles. The number of hydrogen-bond donors (Lipinski definition) is 0. The number of alkyl halides is 7. The summed E-state index contributed by atoms with van der Waals surface area (Å²) in [6.45, 7) is 0. The van der Waals surface area contributed by atoms with Crippen LogP contribution in [0.1, 0.15) is 16.8 Å². The number of ketones is 2. The third-order valence-electron chi connectivity index (χ3n) is 2.61. The van der Waals surface area contributed by atoms with E-state index in [0.29, 0.717) is 12.1 Å². The molecule has 0 aliphatic heterocycles. The number of halogens is 9. The van der Waals surface area contributed by atoms with E-state index in [1.807, 2.05) is 0 Å². The zero-order chi connectivity index (χ0) is 18.2. The molecule has 11 heteroatoms. The van der Waals surface area contributed by atoms with Crippen molar-refractivity contribution in [3.05, 3.63) is 34.6 Å². The highest BCUT2D eigenvalue weighted by Gasteiger charge is 2.75. The number of benzene rings is 1. The minimum Gasteiger partial charge on any atom is -0.294 e. The van der Waals surface area contributed by atoms with Gasteiger partial charge in [-0.05, 0) is 18.2 Å². The van der Waals surface area contributed by atoms with E-state index in [1.165, 1.54) is 0 Å². The van der Waals surface area contributed by atoms with Gasteiger partial charge in [0.2, 0.25) is 5.78 Å².